The van der Waals surface area contributed by atoms with Crippen molar-refractivity contribution in [2.45, 2.75) is 32.7 Å². The molecule has 0 aliphatic rings. The molecule has 7 heteroatoms. The minimum Gasteiger partial charge on any atom is -0.328 e. The van der Waals surface area contributed by atoms with Gasteiger partial charge in [0.1, 0.15) is 5.78 Å². The molecule has 0 fully saturated rings. The van der Waals surface area contributed by atoms with Gasteiger partial charge in [-0.2, -0.15) is 0 Å². The molecule has 0 aliphatic carbocycles. The molecule has 2 aromatic heterocycles. The Bertz CT molecular complexity index is 950. The van der Waals surface area contributed by atoms with Gasteiger partial charge in [-0.25, -0.2) is 9.78 Å². The van der Waals surface area contributed by atoms with Gasteiger partial charge >= 0.3 is 5.69 Å². The van der Waals surface area contributed by atoms with Crippen LogP contribution in [0.3, 0.4) is 0 Å². The molecular weight excluding hydrogens is 260 g/mol. The zero-order chi connectivity index (χ0) is 19.9. The predicted octanol–water partition coefficient (Wildman–Crippen LogP) is 0.193. The lowest BCUT2D eigenvalue weighted by Gasteiger charge is -2.08. The molecule has 0 saturated heterocycles. The number of nitrogens with zero attached hydrogens (tertiary/aromatic N) is 4. The summed E-state index contributed by atoms with van der Waals surface area (Å²) in [5, 5.41) is 0. The molecule has 0 aliphatic heterocycles. The van der Waals surface area contributed by atoms with Crippen molar-refractivity contribution in [1.82, 2.24) is 18.7 Å². The Morgan fingerprint density at radius 1 is 1.40 bits per heavy atom. The smallest absolute Gasteiger partial charge is 0.328 e. The Morgan fingerprint density at radius 2 is 2.20 bits per heavy atom. The molecule has 0 atom stereocenters. The van der Waals surface area contributed by atoms with Crippen LogP contribution in [0, 0.1) is 0 Å². The van der Waals surface area contributed by atoms with E-state index in [2.05, 4.69) is 4.98 Å². The average Bonchev–Trinajstić information content (AvgIpc) is 2.96. The average molecular weight is 284 g/mol. The van der Waals surface area contributed by atoms with Crippen LogP contribution >= 0.6 is 0 Å². The Kier molecular flexibility index (Phi) is 2.23. The summed E-state index contributed by atoms with van der Waals surface area (Å²) in [7, 11) is 1.37. The predicted molar refractivity (Wildman–Crippen MR) is 74.7 cm³/mol. The van der Waals surface area contributed by atoms with Crippen LogP contribution in [0.25, 0.3) is 11.2 Å². The molecular formula is C13H18N4O3. The second-order valence-corrected chi connectivity index (χ2v) is 4.47. The van der Waals surface area contributed by atoms with Gasteiger partial charge in [-0.15, -0.1) is 0 Å². The molecule has 2 heterocycles. The lowest BCUT2D eigenvalue weighted by molar-refractivity contribution is -0.117. The van der Waals surface area contributed by atoms with E-state index in [1.807, 2.05) is 0 Å². The number of imidazole rings is 1. The minimum absolute atomic E-state index is 0.0371. The lowest BCUT2D eigenvalue weighted by atomic mass is 10.2. The van der Waals surface area contributed by atoms with Gasteiger partial charge < -0.3 is 9.36 Å². The molecule has 7 nitrogen and oxygen atoms in total. The maximum atomic E-state index is 12.6. The van der Waals surface area contributed by atoms with Crippen LogP contribution in [0.1, 0.15) is 34.3 Å². The summed E-state index contributed by atoms with van der Waals surface area (Å²) in [6.07, 6.45) is 1.19. The van der Waals surface area contributed by atoms with E-state index in [1.165, 1.54) is 7.05 Å². The first kappa shape index (κ1) is 8.18. The number of aryl methyl sites for hydroxylation is 2. The number of carbonyl (C=O) groups is 1. The largest absolute Gasteiger partial charge is 0.332 e. The topological polar surface area (TPSA) is 78.9 Å². The van der Waals surface area contributed by atoms with Gasteiger partial charge in [0, 0.05) is 35.2 Å². The summed E-state index contributed by atoms with van der Waals surface area (Å²) in [5.74, 6) is -0.881. The highest BCUT2D eigenvalue weighted by molar-refractivity contribution is 5.75. The fourth-order valence-electron chi connectivity index (χ4n) is 2.02. The third-order valence-corrected chi connectivity index (χ3v) is 3.07. The summed E-state index contributed by atoms with van der Waals surface area (Å²) in [4.78, 5) is 40.2. The summed E-state index contributed by atoms with van der Waals surface area (Å²) in [6, 6.07) is 0. The lowest BCUT2D eigenvalue weighted by Crippen LogP contribution is -2.39. The van der Waals surface area contributed by atoms with E-state index in [4.69, 9.17) is 8.22 Å². The monoisotopic (exact) mass is 284 g/mol. The molecule has 20 heavy (non-hydrogen) atoms. The molecule has 0 N–H and O–H groups in total. The standard InChI is InChI=1S/C13H18N4O3/c1-9(18)6-4-5-7-17-12(19)10-11(14-8-15(10)2)16(3)13(17)20/h8H,4-7H2,1-3H3/i1D3,2D3. The van der Waals surface area contributed by atoms with Crippen molar-refractivity contribution in [3.8, 4) is 0 Å². The molecule has 0 aromatic carbocycles. The fourth-order valence-corrected chi connectivity index (χ4v) is 2.02. The number of Topliss-reactive ketones (excluding diaryl/α,β-unsaturated/α-hetero) is 1. The Labute approximate surface area is 123 Å². The number of fused-ring (bicyclic) bond motifs is 1. The van der Waals surface area contributed by atoms with Gasteiger partial charge in [-0.1, -0.05) is 0 Å². The highest BCUT2D eigenvalue weighted by Crippen LogP contribution is 2.04. The molecule has 0 saturated carbocycles. The van der Waals surface area contributed by atoms with Crippen molar-refractivity contribution in [2.75, 3.05) is 0 Å². The summed E-state index contributed by atoms with van der Waals surface area (Å²) < 4.78 is 46.1. The SMILES string of the molecule is [2H]C([2H])([2H])C(=O)CCCCn1c(=O)c2c(ncn2C([2H])([2H])[2H])n(C)c1=O. The number of hydrogen-bond acceptors (Lipinski definition) is 4. The van der Waals surface area contributed by atoms with Gasteiger partial charge in [0.2, 0.25) is 0 Å². The van der Waals surface area contributed by atoms with E-state index in [-0.39, 0.29) is 37.0 Å². The van der Waals surface area contributed by atoms with Gasteiger partial charge in [-0.05, 0) is 19.7 Å². The van der Waals surface area contributed by atoms with Gasteiger partial charge in [0.15, 0.2) is 11.2 Å². The van der Waals surface area contributed by atoms with Crippen LogP contribution in [-0.4, -0.2) is 24.5 Å². The van der Waals surface area contributed by atoms with Crippen LogP contribution in [0.5, 0.6) is 0 Å². The Morgan fingerprint density at radius 3 is 2.90 bits per heavy atom. The first-order valence-electron chi connectivity index (χ1n) is 9.06. The number of ketones is 1. The van der Waals surface area contributed by atoms with Crippen molar-refractivity contribution in [3.05, 3.63) is 27.2 Å². The molecule has 0 bridgehead atoms. The summed E-state index contributed by atoms with van der Waals surface area (Å²) in [5.41, 5.74) is -1.71. The number of rotatable bonds is 5. The second-order valence-electron chi connectivity index (χ2n) is 4.47. The maximum absolute atomic E-state index is 12.6. The van der Waals surface area contributed by atoms with E-state index < -0.39 is 30.9 Å². The Hall–Kier alpha value is -2.18. The normalized spacial score (nSPS) is 16.9. The molecule has 2 rings (SSSR count). The van der Waals surface area contributed by atoms with Crippen molar-refractivity contribution < 1.29 is 13.0 Å². The minimum atomic E-state index is -2.67. The van der Waals surface area contributed by atoms with Crippen LogP contribution < -0.4 is 11.2 Å². The highest BCUT2D eigenvalue weighted by Gasteiger charge is 2.14. The van der Waals surface area contributed by atoms with E-state index in [9.17, 15) is 14.4 Å². The number of unbranched alkanes of at least 4 members (excludes halogenated alkanes) is 1. The second kappa shape index (κ2) is 5.44. The summed E-state index contributed by atoms with van der Waals surface area (Å²) >= 11 is 0. The first-order valence-corrected chi connectivity index (χ1v) is 6.06. The van der Waals surface area contributed by atoms with Crippen molar-refractivity contribution in [2.24, 2.45) is 14.0 Å². The van der Waals surface area contributed by atoms with Gasteiger partial charge in [0.05, 0.1) is 6.33 Å². The molecule has 0 unspecified atom stereocenters. The quantitative estimate of drug-likeness (QED) is 0.734. The van der Waals surface area contributed by atoms with E-state index >= 15 is 0 Å². The third-order valence-electron chi connectivity index (χ3n) is 3.07. The van der Waals surface area contributed by atoms with Crippen LogP contribution in [0.15, 0.2) is 15.9 Å². The van der Waals surface area contributed by atoms with Crippen LogP contribution in [0.4, 0.5) is 0 Å². The van der Waals surface area contributed by atoms with Crippen molar-refractivity contribution >= 4 is 16.9 Å². The first-order chi connectivity index (χ1) is 11.9. The number of hydrogen-bond donors (Lipinski definition) is 0. The highest BCUT2D eigenvalue weighted by atomic mass is 16.2. The molecule has 0 amide bonds. The fraction of sp³-hybridized carbons (Fsp3) is 0.538. The van der Waals surface area contributed by atoms with E-state index in [1.54, 1.807) is 0 Å². The Balaban J connectivity index is 2.32. The summed E-state index contributed by atoms with van der Waals surface area (Å²) in [6.45, 7) is -5.37. The number of carbonyl (C=O) groups excluding carboxylic acids is 1. The van der Waals surface area contributed by atoms with Gasteiger partial charge in [-0.3, -0.25) is 13.9 Å². The zero-order valence-electron chi connectivity index (χ0n) is 16.9. The molecule has 2 aromatic rings. The van der Waals surface area contributed by atoms with Gasteiger partial charge in [0.25, 0.3) is 5.56 Å². The van der Waals surface area contributed by atoms with Crippen LogP contribution in [-0.2, 0) is 25.4 Å². The molecule has 108 valence electrons. The van der Waals surface area contributed by atoms with Crippen LogP contribution in [0.2, 0.25) is 0 Å². The maximum Gasteiger partial charge on any atom is 0.332 e. The molecule has 0 spiro atoms. The molecule has 0 radical (unpaired) electrons. The number of aromatic nitrogens is 4. The van der Waals surface area contributed by atoms with E-state index in [0.29, 0.717) is 0 Å². The van der Waals surface area contributed by atoms with Crippen molar-refractivity contribution in [1.29, 1.82) is 0 Å². The van der Waals surface area contributed by atoms with E-state index in [0.717, 1.165) is 20.0 Å². The van der Waals surface area contributed by atoms with Crippen molar-refractivity contribution in [3.63, 3.8) is 0 Å². The zero-order valence-corrected chi connectivity index (χ0v) is 10.9. The third kappa shape index (κ3) is 2.43.